The van der Waals surface area contributed by atoms with E-state index in [1.807, 2.05) is 6.07 Å². The first kappa shape index (κ1) is 12.9. The van der Waals surface area contributed by atoms with Gasteiger partial charge in [-0.3, -0.25) is 0 Å². The fourth-order valence-corrected chi connectivity index (χ4v) is 1.54. The van der Waals surface area contributed by atoms with Crippen LogP contribution < -0.4 is 10.1 Å². The number of hydrogen-bond donors (Lipinski definition) is 2. The number of nitrogens with one attached hydrogen (secondary N) is 1. The van der Waals surface area contributed by atoms with E-state index >= 15 is 0 Å². The second-order valence-corrected chi connectivity index (χ2v) is 3.72. The van der Waals surface area contributed by atoms with Crippen LogP contribution in [0.5, 0.6) is 5.75 Å². The van der Waals surface area contributed by atoms with E-state index in [-0.39, 0.29) is 11.6 Å². The number of hydrogen-bond acceptors (Lipinski definition) is 3. The van der Waals surface area contributed by atoms with Crippen LogP contribution >= 0.6 is 0 Å². The molecule has 0 radical (unpaired) electrons. The van der Waals surface area contributed by atoms with E-state index < -0.39 is 6.10 Å². The summed E-state index contributed by atoms with van der Waals surface area (Å²) in [6, 6.07) is 4.87. The van der Waals surface area contributed by atoms with Crippen LogP contribution in [0.4, 0.5) is 4.39 Å². The van der Waals surface area contributed by atoms with Gasteiger partial charge in [-0.25, -0.2) is 4.39 Å². The average Bonchev–Trinajstić information content (AvgIpc) is 2.27. The molecule has 16 heavy (non-hydrogen) atoms. The van der Waals surface area contributed by atoms with Crippen molar-refractivity contribution < 1.29 is 14.2 Å². The number of halogens is 1. The maximum Gasteiger partial charge on any atom is 0.165 e. The number of rotatable bonds is 6. The number of aliphatic hydroxyl groups is 1. The molecular weight excluding hydrogens is 209 g/mol. The first-order valence-electron chi connectivity index (χ1n) is 5.32. The SMILES string of the molecule is CNCC(O)CCc1ccc(OC)c(F)c1. The molecule has 0 aliphatic heterocycles. The molecule has 3 nitrogen and oxygen atoms in total. The zero-order valence-electron chi connectivity index (χ0n) is 9.66. The first-order chi connectivity index (χ1) is 7.67. The summed E-state index contributed by atoms with van der Waals surface area (Å²) in [4.78, 5) is 0. The summed E-state index contributed by atoms with van der Waals surface area (Å²) in [6.45, 7) is 0.554. The maximum atomic E-state index is 13.3. The summed E-state index contributed by atoms with van der Waals surface area (Å²) in [6.07, 6.45) is 0.881. The topological polar surface area (TPSA) is 41.5 Å². The van der Waals surface area contributed by atoms with Gasteiger partial charge in [0.1, 0.15) is 0 Å². The standard InChI is InChI=1S/C12H18FNO2/c1-14-8-10(15)5-3-9-4-6-12(16-2)11(13)7-9/h4,6-7,10,14-15H,3,5,8H2,1-2H3. The Kier molecular flexibility index (Phi) is 5.22. The minimum atomic E-state index is -0.393. The first-order valence-corrected chi connectivity index (χ1v) is 5.32. The van der Waals surface area contributed by atoms with Crippen molar-refractivity contribution in [2.24, 2.45) is 0 Å². The van der Waals surface area contributed by atoms with Gasteiger partial charge >= 0.3 is 0 Å². The van der Waals surface area contributed by atoms with Gasteiger partial charge in [-0.2, -0.15) is 0 Å². The van der Waals surface area contributed by atoms with E-state index in [4.69, 9.17) is 4.74 Å². The van der Waals surface area contributed by atoms with E-state index in [9.17, 15) is 9.50 Å². The van der Waals surface area contributed by atoms with Gasteiger partial charge in [0.2, 0.25) is 0 Å². The minimum absolute atomic E-state index is 0.250. The Balaban J connectivity index is 2.51. The van der Waals surface area contributed by atoms with E-state index in [0.717, 1.165) is 5.56 Å². The average molecular weight is 227 g/mol. The zero-order valence-corrected chi connectivity index (χ0v) is 9.66. The molecule has 0 aliphatic rings. The molecule has 0 aromatic heterocycles. The lowest BCUT2D eigenvalue weighted by Crippen LogP contribution is -2.23. The van der Waals surface area contributed by atoms with Gasteiger partial charge in [0.05, 0.1) is 13.2 Å². The highest BCUT2D eigenvalue weighted by molar-refractivity contribution is 5.29. The summed E-state index contributed by atoms with van der Waals surface area (Å²) in [5.74, 6) is -0.109. The Bertz CT molecular complexity index is 331. The lowest BCUT2D eigenvalue weighted by atomic mass is 10.1. The monoisotopic (exact) mass is 227 g/mol. The summed E-state index contributed by atoms with van der Waals surface area (Å²) in [7, 11) is 3.23. The van der Waals surface area contributed by atoms with Crippen molar-refractivity contribution in [2.45, 2.75) is 18.9 Å². The zero-order chi connectivity index (χ0) is 12.0. The second kappa shape index (κ2) is 6.45. The summed E-state index contributed by atoms with van der Waals surface area (Å²) >= 11 is 0. The molecule has 2 N–H and O–H groups in total. The second-order valence-electron chi connectivity index (χ2n) is 3.72. The van der Waals surface area contributed by atoms with Crippen molar-refractivity contribution in [3.8, 4) is 5.75 Å². The van der Waals surface area contributed by atoms with Gasteiger partial charge in [-0.15, -0.1) is 0 Å². The van der Waals surface area contributed by atoms with Gasteiger partial charge in [0.25, 0.3) is 0 Å². The van der Waals surface area contributed by atoms with Crippen molar-refractivity contribution in [3.05, 3.63) is 29.6 Å². The lowest BCUT2D eigenvalue weighted by molar-refractivity contribution is 0.165. The van der Waals surface area contributed by atoms with E-state index in [1.54, 1.807) is 13.1 Å². The molecule has 0 heterocycles. The molecule has 90 valence electrons. The third kappa shape index (κ3) is 3.79. The van der Waals surface area contributed by atoms with Gasteiger partial charge < -0.3 is 15.2 Å². The van der Waals surface area contributed by atoms with Crippen LogP contribution in [-0.4, -0.2) is 31.9 Å². The Morgan fingerprint density at radius 3 is 2.81 bits per heavy atom. The molecule has 4 heteroatoms. The smallest absolute Gasteiger partial charge is 0.165 e. The fraction of sp³-hybridized carbons (Fsp3) is 0.500. The molecule has 0 aliphatic carbocycles. The number of aryl methyl sites for hydroxylation is 1. The fourth-order valence-electron chi connectivity index (χ4n) is 1.54. The van der Waals surface area contributed by atoms with Crippen LogP contribution in [0.2, 0.25) is 0 Å². The normalized spacial score (nSPS) is 12.5. The molecule has 1 unspecified atom stereocenters. The van der Waals surface area contributed by atoms with Gasteiger partial charge in [0, 0.05) is 6.54 Å². The molecule has 0 saturated carbocycles. The molecule has 0 bridgehead atoms. The van der Waals surface area contributed by atoms with Crippen molar-refractivity contribution >= 4 is 0 Å². The van der Waals surface area contributed by atoms with Crippen LogP contribution in [0.3, 0.4) is 0 Å². The Morgan fingerprint density at radius 2 is 2.25 bits per heavy atom. The molecule has 1 atom stereocenters. The van der Waals surface area contributed by atoms with Crippen LogP contribution in [-0.2, 0) is 6.42 Å². The predicted octanol–water partition coefficient (Wildman–Crippen LogP) is 1.35. The largest absolute Gasteiger partial charge is 0.494 e. The quantitative estimate of drug-likeness (QED) is 0.770. The van der Waals surface area contributed by atoms with Crippen molar-refractivity contribution in [3.63, 3.8) is 0 Å². The highest BCUT2D eigenvalue weighted by Crippen LogP contribution is 2.18. The number of likely N-dealkylation sites (N-methyl/N-ethyl adjacent to an activating group) is 1. The van der Waals surface area contributed by atoms with Crippen LogP contribution in [0.25, 0.3) is 0 Å². The summed E-state index contributed by atoms with van der Waals surface area (Å²) < 4.78 is 18.2. The summed E-state index contributed by atoms with van der Waals surface area (Å²) in [5, 5.41) is 12.4. The van der Waals surface area contributed by atoms with Crippen molar-refractivity contribution in [1.82, 2.24) is 5.32 Å². The van der Waals surface area contributed by atoms with E-state index in [0.29, 0.717) is 19.4 Å². The molecule has 0 fully saturated rings. The predicted molar refractivity (Wildman–Crippen MR) is 61.2 cm³/mol. The molecule has 0 amide bonds. The molecule has 1 aromatic rings. The summed E-state index contributed by atoms with van der Waals surface area (Å²) in [5.41, 5.74) is 0.869. The van der Waals surface area contributed by atoms with E-state index in [2.05, 4.69) is 5.32 Å². The Labute approximate surface area is 95.2 Å². The van der Waals surface area contributed by atoms with Gasteiger partial charge in [-0.05, 0) is 37.6 Å². The third-order valence-electron chi connectivity index (χ3n) is 2.42. The molecular formula is C12H18FNO2. The number of benzene rings is 1. The minimum Gasteiger partial charge on any atom is -0.494 e. The van der Waals surface area contributed by atoms with Crippen LogP contribution in [0.1, 0.15) is 12.0 Å². The van der Waals surface area contributed by atoms with Gasteiger partial charge in [0.15, 0.2) is 11.6 Å². The highest BCUT2D eigenvalue weighted by atomic mass is 19.1. The van der Waals surface area contributed by atoms with Crippen LogP contribution in [0.15, 0.2) is 18.2 Å². The molecule has 1 aromatic carbocycles. The lowest BCUT2D eigenvalue weighted by Gasteiger charge is -2.10. The van der Waals surface area contributed by atoms with Crippen LogP contribution in [0, 0.1) is 5.82 Å². The number of aliphatic hydroxyl groups excluding tert-OH is 1. The third-order valence-corrected chi connectivity index (χ3v) is 2.42. The molecule has 1 rings (SSSR count). The number of ether oxygens (including phenoxy) is 1. The Morgan fingerprint density at radius 1 is 1.50 bits per heavy atom. The van der Waals surface area contributed by atoms with Crippen molar-refractivity contribution in [2.75, 3.05) is 20.7 Å². The van der Waals surface area contributed by atoms with Crippen molar-refractivity contribution in [1.29, 1.82) is 0 Å². The highest BCUT2D eigenvalue weighted by Gasteiger charge is 2.06. The number of methoxy groups -OCH3 is 1. The molecule has 0 saturated heterocycles. The maximum absolute atomic E-state index is 13.3. The molecule has 0 spiro atoms. The van der Waals surface area contributed by atoms with E-state index in [1.165, 1.54) is 13.2 Å². The van der Waals surface area contributed by atoms with Gasteiger partial charge in [-0.1, -0.05) is 6.07 Å². The Hall–Kier alpha value is -1.13.